The van der Waals surface area contributed by atoms with Gasteiger partial charge in [-0.15, -0.1) is 21.5 Å². The minimum Gasteiger partial charge on any atom is -0.481 e. The summed E-state index contributed by atoms with van der Waals surface area (Å²) < 4.78 is 47.7. The van der Waals surface area contributed by atoms with E-state index in [0.717, 1.165) is 27.6 Å². The van der Waals surface area contributed by atoms with Gasteiger partial charge < -0.3 is 14.4 Å². The van der Waals surface area contributed by atoms with Crippen LogP contribution in [-0.2, 0) is 17.6 Å². The van der Waals surface area contributed by atoms with Crippen molar-refractivity contribution >= 4 is 44.3 Å². The summed E-state index contributed by atoms with van der Waals surface area (Å²) >= 11 is 1.47. The molecule has 0 amide bonds. The number of ketones is 1. The molecule has 5 rings (SSSR count). The number of benzene rings is 1. The maximum absolute atomic E-state index is 13.5. The molecule has 1 atom stereocenters. The minimum atomic E-state index is -4.74. The van der Waals surface area contributed by atoms with Gasteiger partial charge in [-0.1, -0.05) is 32.9 Å². The van der Waals surface area contributed by atoms with Crippen LogP contribution >= 0.6 is 11.3 Å². The zero-order valence-electron chi connectivity index (χ0n) is 22.7. The number of carbonyl (C=O) groups is 2. The van der Waals surface area contributed by atoms with Gasteiger partial charge in [-0.2, -0.15) is 13.2 Å². The molecule has 218 valence electrons. The monoisotopic (exact) mass is 598 g/mol. The van der Waals surface area contributed by atoms with Gasteiger partial charge in [-0.25, -0.2) is 15.0 Å². The minimum absolute atomic E-state index is 0.0332. The van der Waals surface area contributed by atoms with Gasteiger partial charge in [0.1, 0.15) is 11.6 Å². The van der Waals surface area contributed by atoms with Crippen molar-refractivity contribution in [1.29, 1.82) is 0 Å². The number of ether oxygens (including phenoxy) is 1. The fourth-order valence-electron chi connectivity index (χ4n) is 4.42. The molecular formula is C28H25F3N6O4S. The maximum atomic E-state index is 13.5. The number of halogens is 3. The van der Waals surface area contributed by atoms with Crippen molar-refractivity contribution in [3.63, 3.8) is 0 Å². The molecule has 4 heterocycles. The third-order valence-corrected chi connectivity index (χ3v) is 7.45. The van der Waals surface area contributed by atoms with E-state index in [4.69, 9.17) is 4.74 Å². The Labute approximate surface area is 241 Å². The van der Waals surface area contributed by atoms with Crippen LogP contribution in [0.4, 0.5) is 13.2 Å². The Morgan fingerprint density at radius 2 is 1.81 bits per heavy atom. The highest BCUT2D eigenvalue weighted by molar-refractivity contribution is 7.18. The van der Waals surface area contributed by atoms with Gasteiger partial charge in [-0.3, -0.25) is 9.59 Å². The zero-order valence-corrected chi connectivity index (χ0v) is 23.5. The number of carboxylic acids is 1. The summed E-state index contributed by atoms with van der Waals surface area (Å²) in [6.07, 6.45) is -1.56. The average Bonchev–Trinajstić information content (AvgIpc) is 3.52. The summed E-state index contributed by atoms with van der Waals surface area (Å²) in [4.78, 5) is 36.4. The molecule has 1 aromatic carbocycles. The van der Waals surface area contributed by atoms with Crippen molar-refractivity contribution < 1.29 is 32.6 Å². The van der Waals surface area contributed by atoms with Gasteiger partial charge in [0.25, 0.3) is 0 Å². The van der Waals surface area contributed by atoms with Crippen LogP contribution in [0.2, 0.25) is 0 Å². The first kappa shape index (κ1) is 29.0. The number of para-hydroxylation sites is 1. The summed E-state index contributed by atoms with van der Waals surface area (Å²) in [5.74, 6) is -2.51. The number of hydrogen-bond acceptors (Lipinski definition) is 9. The number of aliphatic carboxylic acids is 1. The number of nitrogens with zero attached hydrogens (tertiary/aromatic N) is 6. The molecule has 42 heavy (non-hydrogen) atoms. The van der Waals surface area contributed by atoms with E-state index in [1.165, 1.54) is 22.1 Å². The molecule has 10 nitrogen and oxygen atoms in total. The number of carbonyl (C=O) groups excluding carboxylic acids is 1. The summed E-state index contributed by atoms with van der Waals surface area (Å²) in [7, 11) is 0. The lowest BCUT2D eigenvalue weighted by Gasteiger charge is -2.19. The van der Waals surface area contributed by atoms with Crippen LogP contribution in [0.15, 0.2) is 48.9 Å². The normalized spacial score (nSPS) is 13.0. The van der Waals surface area contributed by atoms with Crippen LogP contribution < -0.4 is 4.74 Å². The molecule has 1 unspecified atom stereocenters. The number of fused-ring (bicyclic) bond motifs is 2. The molecule has 0 aliphatic heterocycles. The fourth-order valence-corrected chi connectivity index (χ4v) is 5.30. The summed E-state index contributed by atoms with van der Waals surface area (Å²) in [5.41, 5.74) is 0.778. The van der Waals surface area contributed by atoms with Gasteiger partial charge in [0.2, 0.25) is 11.7 Å². The molecule has 0 aliphatic carbocycles. The lowest BCUT2D eigenvalue weighted by Crippen LogP contribution is -2.20. The van der Waals surface area contributed by atoms with Crippen LogP contribution in [0.1, 0.15) is 66.4 Å². The number of aromatic nitrogens is 6. The molecule has 0 radical (unpaired) electrons. The first-order valence-electron chi connectivity index (χ1n) is 12.8. The molecule has 1 N–H and O–H groups in total. The standard InChI is InChI=1S/C28H25F3N6O4S/c1-27(2,3)24(40)17-13-37(19(8-9-23(38)39)15-11-32-26(33-12-15)28(29,30)31)25-16(17)10-21(35-36-25)41-14-22-34-18-6-4-5-7-20(18)42-22/h4-7,10-13,19H,8-9,14H2,1-3H3,(H,38,39). The van der Waals surface area contributed by atoms with Crippen LogP contribution in [0.25, 0.3) is 21.3 Å². The highest BCUT2D eigenvalue weighted by atomic mass is 32.1. The largest absolute Gasteiger partial charge is 0.481 e. The average molecular weight is 599 g/mol. The summed E-state index contributed by atoms with van der Waals surface area (Å²) in [6.45, 7) is 5.38. The Kier molecular flexibility index (Phi) is 7.66. The van der Waals surface area contributed by atoms with Crippen molar-refractivity contribution in [2.75, 3.05) is 0 Å². The number of rotatable bonds is 9. The Morgan fingerprint density at radius 3 is 2.45 bits per heavy atom. The predicted octanol–water partition coefficient (Wildman–Crippen LogP) is 6.11. The van der Waals surface area contributed by atoms with E-state index in [2.05, 4.69) is 25.1 Å². The lowest BCUT2D eigenvalue weighted by atomic mass is 9.87. The van der Waals surface area contributed by atoms with Gasteiger partial charge in [0.05, 0.1) is 16.3 Å². The van der Waals surface area contributed by atoms with Crippen molar-refractivity contribution in [3.05, 3.63) is 70.9 Å². The number of thiazole rings is 1. The van der Waals surface area contributed by atoms with Crippen LogP contribution in [-0.4, -0.2) is 46.6 Å². The number of carboxylic acid groups (broad SMARTS) is 1. The van der Waals surface area contributed by atoms with E-state index in [9.17, 15) is 27.9 Å². The number of hydrogen-bond donors (Lipinski definition) is 1. The highest BCUT2D eigenvalue weighted by Gasteiger charge is 2.35. The topological polar surface area (TPSA) is 133 Å². The van der Waals surface area contributed by atoms with E-state index in [1.807, 2.05) is 24.3 Å². The summed E-state index contributed by atoms with van der Waals surface area (Å²) in [5, 5.41) is 19.0. The predicted molar refractivity (Wildman–Crippen MR) is 147 cm³/mol. The zero-order chi connectivity index (χ0) is 30.2. The van der Waals surface area contributed by atoms with Crippen molar-refractivity contribution in [2.24, 2.45) is 5.41 Å². The van der Waals surface area contributed by atoms with E-state index < -0.39 is 29.4 Å². The number of Topliss-reactive ketones (excluding diaryl/α,β-unsaturated/α-hetero) is 1. The van der Waals surface area contributed by atoms with Crippen LogP contribution in [0.5, 0.6) is 5.88 Å². The third kappa shape index (κ3) is 6.08. The van der Waals surface area contributed by atoms with Crippen molar-refractivity contribution in [3.8, 4) is 5.88 Å². The lowest BCUT2D eigenvalue weighted by molar-refractivity contribution is -0.145. The van der Waals surface area contributed by atoms with Gasteiger partial charge in [0, 0.05) is 53.0 Å². The molecule has 0 aliphatic rings. The van der Waals surface area contributed by atoms with E-state index in [1.54, 1.807) is 26.8 Å². The Morgan fingerprint density at radius 1 is 1.10 bits per heavy atom. The smallest absolute Gasteiger partial charge is 0.451 e. The first-order valence-corrected chi connectivity index (χ1v) is 13.6. The molecule has 0 saturated carbocycles. The Bertz CT molecular complexity index is 1740. The van der Waals surface area contributed by atoms with E-state index in [-0.39, 0.29) is 47.9 Å². The SMILES string of the molecule is CC(C)(C)C(=O)c1cn(C(CCC(=O)O)c2cnc(C(F)(F)F)nc2)c2nnc(OCc3nc4ccccc4s3)cc12. The summed E-state index contributed by atoms with van der Waals surface area (Å²) in [6, 6.07) is 8.39. The van der Waals surface area contributed by atoms with Crippen LogP contribution in [0.3, 0.4) is 0 Å². The molecule has 14 heteroatoms. The second-order valence-electron chi connectivity index (χ2n) is 10.6. The van der Waals surface area contributed by atoms with Gasteiger partial charge in [-0.05, 0) is 18.6 Å². The molecule has 5 aromatic rings. The molecule has 0 spiro atoms. The van der Waals surface area contributed by atoms with E-state index in [0.29, 0.717) is 5.39 Å². The van der Waals surface area contributed by atoms with Crippen molar-refractivity contribution in [2.45, 2.75) is 52.4 Å². The molecule has 4 aromatic heterocycles. The molecular weight excluding hydrogens is 573 g/mol. The molecule has 0 saturated heterocycles. The Hall–Kier alpha value is -4.46. The second kappa shape index (κ2) is 11.1. The number of alkyl halides is 3. The Balaban J connectivity index is 1.56. The maximum Gasteiger partial charge on any atom is 0.451 e. The van der Waals surface area contributed by atoms with Gasteiger partial charge >= 0.3 is 12.1 Å². The highest BCUT2D eigenvalue weighted by Crippen LogP contribution is 2.35. The van der Waals surface area contributed by atoms with Crippen molar-refractivity contribution in [1.82, 2.24) is 29.7 Å². The third-order valence-electron chi connectivity index (χ3n) is 6.44. The first-order chi connectivity index (χ1) is 19.8. The second-order valence-corrected chi connectivity index (χ2v) is 11.7. The molecule has 0 bridgehead atoms. The van der Waals surface area contributed by atoms with E-state index >= 15 is 0 Å². The van der Waals surface area contributed by atoms with Crippen LogP contribution in [0, 0.1) is 5.41 Å². The molecule has 0 fully saturated rings. The van der Waals surface area contributed by atoms with Gasteiger partial charge in [0.15, 0.2) is 11.4 Å². The fraction of sp³-hybridized carbons (Fsp3) is 0.321. The quantitative estimate of drug-likeness (QED) is 0.200.